The third-order valence-corrected chi connectivity index (χ3v) is 3.65. The molecule has 0 aliphatic heterocycles. The molecule has 0 saturated carbocycles. The molecular formula is C17H20N2O. The summed E-state index contributed by atoms with van der Waals surface area (Å²) in [5, 5.41) is 2.73. The highest BCUT2D eigenvalue weighted by Gasteiger charge is 2.27. The van der Waals surface area contributed by atoms with Gasteiger partial charge in [-0.1, -0.05) is 56.3 Å². The summed E-state index contributed by atoms with van der Waals surface area (Å²) >= 11 is 0. The molecule has 0 unspecified atom stereocenters. The van der Waals surface area contributed by atoms with Gasteiger partial charge in [0.25, 0.3) is 0 Å². The fourth-order valence-corrected chi connectivity index (χ4v) is 2.73. The van der Waals surface area contributed by atoms with Crippen molar-refractivity contribution in [2.24, 2.45) is 5.73 Å². The Balaban J connectivity index is 2.59. The summed E-state index contributed by atoms with van der Waals surface area (Å²) < 4.78 is 0. The second-order valence-corrected chi connectivity index (χ2v) is 5.48. The van der Waals surface area contributed by atoms with Crippen molar-refractivity contribution in [2.45, 2.75) is 26.2 Å². The van der Waals surface area contributed by atoms with Crippen LogP contribution in [-0.4, -0.2) is 6.03 Å². The lowest BCUT2D eigenvalue weighted by Gasteiger charge is -2.30. The van der Waals surface area contributed by atoms with Crippen LogP contribution in [0, 0.1) is 6.92 Å². The number of rotatable bonds is 3. The third kappa shape index (κ3) is 2.67. The molecule has 0 spiro atoms. The first-order chi connectivity index (χ1) is 9.43. The zero-order valence-corrected chi connectivity index (χ0v) is 12.1. The number of hydrogen-bond donors (Lipinski definition) is 2. The van der Waals surface area contributed by atoms with Gasteiger partial charge >= 0.3 is 6.03 Å². The number of carbonyl (C=O) groups is 1. The van der Waals surface area contributed by atoms with Crippen molar-refractivity contribution in [1.29, 1.82) is 0 Å². The number of urea groups is 1. The molecule has 104 valence electrons. The molecule has 0 aliphatic carbocycles. The van der Waals surface area contributed by atoms with Crippen molar-refractivity contribution in [2.75, 3.05) is 5.32 Å². The van der Waals surface area contributed by atoms with Crippen molar-refractivity contribution in [1.82, 2.24) is 0 Å². The predicted octanol–water partition coefficient (Wildman–Crippen LogP) is 3.81. The lowest BCUT2D eigenvalue weighted by Crippen LogP contribution is -2.26. The SMILES string of the molecule is Cc1cccc(NC(N)=O)c1C(C)(C)c1ccccc1. The van der Waals surface area contributed by atoms with Crippen LogP contribution >= 0.6 is 0 Å². The van der Waals surface area contributed by atoms with E-state index in [9.17, 15) is 4.79 Å². The van der Waals surface area contributed by atoms with Crippen molar-refractivity contribution < 1.29 is 4.79 Å². The predicted molar refractivity (Wildman–Crippen MR) is 83.0 cm³/mol. The first-order valence-corrected chi connectivity index (χ1v) is 6.65. The van der Waals surface area contributed by atoms with Gasteiger partial charge in [0.2, 0.25) is 0 Å². The number of aryl methyl sites for hydroxylation is 1. The maximum atomic E-state index is 11.2. The fourth-order valence-electron chi connectivity index (χ4n) is 2.73. The van der Waals surface area contributed by atoms with Crippen LogP contribution in [0.3, 0.4) is 0 Å². The molecule has 2 aromatic carbocycles. The number of primary amides is 1. The molecule has 3 heteroatoms. The smallest absolute Gasteiger partial charge is 0.316 e. The molecule has 2 amide bonds. The van der Waals surface area contributed by atoms with E-state index in [1.54, 1.807) is 0 Å². The van der Waals surface area contributed by atoms with Gasteiger partial charge in [-0.2, -0.15) is 0 Å². The largest absolute Gasteiger partial charge is 0.351 e. The Labute approximate surface area is 119 Å². The van der Waals surface area contributed by atoms with Crippen LogP contribution in [0.2, 0.25) is 0 Å². The van der Waals surface area contributed by atoms with Crippen LogP contribution in [0.15, 0.2) is 48.5 Å². The molecule has 0 radical (unpaired) electrons. The van der Waals surface area contributed by atoms with E-state index in [2.05, 4.69) is 31.3 Å². The minimum absolute atomic E-state index is 0.218. The lowest BCUT2D eigenvalue weighted by atomic mass is 9.75. The number of carbonyl (C=O) groups excluding carboxylic acids is 1. The molecule has 0 aliphatic rings. The Morgan fingerprint density at radius 2 is 1.70 bits per heavy atom. The van der Waals surface area contributed by atoms with Gasteiger partial charge < -0.3 is 11.1 Å². The van der Waals surface area contributed by atoms with E-state index >= 15 is 0 Å². The second-order valence-electron chi connectivity index (χ2n) is 5.48. The number of nitrogens with two attached hydrogens (primary N) is 1. The highest BCUT2D eigenvalue weighted by molar-refractivity contribution is 5.89. The van der Waals surface area contributed by atoms with Gasteiger partial charge in [-0.3, -0.25) is 0 Å². The molecule has 0 bridgehead atoms. The van der Waals surface area contributed by atoms with Crippen LogP contribution in [0.1, 0.15) is 30.5 Å². The van der Waals surface area contributed by atoms with Crippen LogP contribution in [0.25, 0.3) is 0 Å². The molecule has 20 heavy (non-hydrogen) atoms. The Bertz CT molecular complexity index is 618. The zero-order chi connectivity index (χ0) is 14.8. The van der Waals surface area contributed by atoms with Crippen molar-refractivity contribution >= 4 is 11.7 Å². The standard InChI is InChI=1S/C17H20N2O/c1-12-8-7-11-14(19-16(18)20)15(12)17(2,3)13-9-5-4-6-10-13/h4-11H,1-3H3,(H3,18,19,20). The van der Waals surface area contributed by atoms with Crippen molar-refractivity contribution in [3.8, 4) is 0 Å². The maximum Gasteiger partial charge on any atom is 0.316 e. The first-order valence-electron chi connectivity index (χ1n) is 6.65. The lowest BCUT2D eigenvalue weighted by molar-refractivity contribution is 0.259. The average Bonchev–Trinajstić information content (AvgIpc) is 2.38. The van der Waals surface area contributed by atoms with E-state index in [0.29, 0.717) is 0 Å². The van der Waals surface area contributed by atoms with Gasteiger partial charge in [0, 0.05) is 11.1 Å². The van der Waals surface area contributed by atoms with Gasteiger partial charge in [0.15, 0.2) is 0 Å². The number of benzene rings is 2. The van der Waals surface area contributed by atoms with E-state index in [1.165, 1.54) is 5.56 Å². The highest BCUT2D eigenvalue weighted by atomic mass is 16.2. The number of hydrogen-bond acceptors (Lipinski definition) is 1. The normalized spacial score (nSPS) is 11.2. The summed E-state index contributed by atoms with van der Waals surface area (Å²) in [4.78, 5) is 11.2. The Kier molecular flexibility index (Phi) is 3.79. The third-order valence-electron chi connectivity index (χ3n) is 3.65. The number of nitrogens with one attached hydrogen (secondary N) is 1. The second kappa shape index (κ2) is 5.37. The van der Waals surface area contributed by atoms with Gasteiger partial charge in [0.1, 0.15) is 0 Å². The topological polar surface area (TPSA) is 55.1 Å². The molecule has 2 aromatic rings. The molecule has 3 nitrogen and oxygen atoms in total. The van der Waals surface area contributed by atoms with E-state index < -0.39 is 6.03 Å². The van der Waals surface area contributed by atoms with Crippen LogP contribution in [0.5, 0.6) is 0 Å². The maximum absolute atomic E-state index is 11.2. The van der Waals surface area contributed by atoms with Crippen LogP contribution in [-0.2, 0) is 5.41 Å². The highest BCUT2D eigenvalue weighted by Crippen LogP contribution is 2.38. The molecule has 0 heterocycles. The van der Waals surface area contributed by atoms with Gasteiger partial charge in [0.05, 0.1) is 0 Å². The quantitative estimate of drug-likeness (QED) is 0.873. The Hall–Kier alpha value is -2.29. The fraction of sp³-hybridized carbons (Fsp3) is 0.235. The average molecular weight is 268 g/mol. The van der Waals surface area contributed by atoms with E-state index in [-0.39, 0.29) is 5.41 Å². The number of anilines is 1. The molecular weight excluding hydrogens is 248 g/mol. The number of amides is 2. The Morgan fingerprint density at radius 3 is 2.30 bits per heavy atom. The van der Waals surface area contributed by atoms with E-state index in [4.69, 9.17) is 5.73 Å². The van der Waals surface area contributed by atoms with Crippen LogP contribution < -0.4 is 11.1 Å². The van der Waals surface area contributed by atoms with E-state index in [0.717, 1.165) is 16.8 Å². The van der Waals surface area contributed by atoms with E-state index in [1.807, 2.05) is 43.3 Å². The zero-order valence-electron chi connectivity index (χ0n) is 12.1. The monoisotopic (exact) mass is 268 g/mol. The molecule has 0 saturated heterocycles. The summed E-state index contributed by atoms with van der Waals surface area (Å²) in [5.74, 6) is 0. The van der Waals surface area contributed by atoms with Gasteiger partial charge in [-0.15, -0.1) is 0 Å². The van der Waals surface area contributed by atoms with Gasteiger partial charge in [-0.05, 0) is 29.7 Å². The summed E-state index contributed by atoms with van der Waals surface area (Å²) in [6.07, 6.45) is 0. The summed E-state index contributed by atoms with van der Waals surface area (Å²) in [7, 11) is 0. The molecule has 0 atom stereocenters. The molecule has 0 aromatic heterocycles. The first kappa shape index (κ1) is 14.1. The summed E-state index contributed by atoms with van der Waals surface area (Å²) in [6.45, 7) is 6.35. The molecule has 2 rings (SSSR count). The summed E-state index contributed by atoms with van der Waals surface area (Å²) in [5.41, 5.74) is 9.24. The molecule has 3 N–H and O–H groups in total. The minimum atomic E-state index is -0.541. The Morgan fingerprint density at radius 1 is 1.05 bits per heavy atom. The summed E-state index contributed by atoms with van der Waals surface area (Å²) in [6, 6.07) is 15.6. The minimum Gasteiger partial charge on any atom is -0.351 e. The van der Waals surface area contributed by atoms with Crippen molar-refractivity contribution in [3.63, 3.8) is 0 Å². The van der Waals surface area contributed by atoms with Crippen molar-refractivity contribution in [3.05, 3.63) is 65.2 Å². The van der Waals surface area contributed by atoms with Crippen LogP contribution in [0.4, 0.5) is 10.5 Å². The van der Waals surface area contributed by atoms with Gasteiger partial charge in [-0.25, -0.2) is 4.79 Å². The molecule has 0 fully saturated rings.